The van der Waals surface area contributed by atoms with Gasteiger partial charge in [0.15, 0.2) is 5.96 Å². The summed E-state index contributed by atoms with van der Waals surface area (Å²) in [6.45, 7) is 1.33. The van der Waals surface area contributed by atoms with E-state index >= 15 is 0 Å². The first-order valence-electron chi connectivity index (χ1n) is 7.59. The van der Waals surface area contributed by atoms with Crippen LogP contribution in [-0.2, 0) is 4.74 Å². The largest absolute Gasteiger partial charge is 0.493 e. The van der Waals surface area contributed by atoms with Crippen molar-refractivity contribution >= 4 is 5.96 Å². The van der Waals surface area contributed by atoms with E-state index < -0.39 is 0 Å². The number of benzene rings is 1. The molecular weight excluding hydrogens is 266 g/mol. The van der Waals surface area contributed by atoms with Crippen LogP contribution in [0, 0.1) is 5.92 Å². The van der Waals surface area contributed by atoms with Gasteiger partial charge in [0.05, 0.1) is 25.3 Å². The molecule has 5 nitrogen and oxygen atoms in total. The second-order valence-electron chi connectivity index (χ2n) is 5.71. The summed E-state index contributed by atoms with van der Waals surface area (Å²) < 4.78 is 11.1. The maximum Gasteiger partial charge on any atom is 0.189 e. The topological polar surface area (TPSA) is 68.9 Å². The van der Waals surface area contributed by atoms with E-state index in [0.29, 0.717) is 25.0 Å². The third-order valence-corrected chi connectivity index (χ3v) is 4.17. The van der Waals surface area contributed by atoms with Crippen molar-refractivity contribution in [2.45, 2.75) is 31.4 Å². The third-order valence-electron chi connectivity index (χ3n) is 4.17. The van der Waals surface area contributed by atoms with E-state index in [9.17, 15) is 0 Å². The van der Waals surface area contributed by atoms with E-state index in [4.69, 9.17) is 15.2 Å². The summed E-state index contributed by atoms with van der Waals surface area (Å²) in [5, 5.41) is 3.31. The Morgan fingerprint density at radius 2 is 2.24 bits per heavy atom. The Morgan fingerprint density at radius 3 is 3.00 bits per heavy atom. The van der Waals surface area contributed by atoms with Crippen LogP contribution in [0.1, 0.15) is 30.9 Å². The van der Waals surface area contributed by atoms with Gasteiger partial charge in [-0.15, -0.1) is 0 Å². The van der Waals surface area contributed by atoms with Gasteiger partial charge in [-0.05, 0) is 24.8 Å². The molecule has 5 heteroatoms. The quantitative estimate of drug-likeness (QED) is 0.641. The van der Waals surface area contributed by atoms with Crippen molar-refractivity contribution in [1.82, 2.24) is 5.32 Å². The Morgan fingerprint density at radius 1 is 1.43 bits per heavy atom. The number of hydrogen-bond donors (Lipinski definition) is 2. The van der Waals surface area contributed by atoms with E-state index in [1.807, 2.05) is 18.2 Å². The van der Waals surface area contributed by atoms with Crippen LogP contribution in [0.15, 0.2) is 29.3 Å². The zero-order valence-electron chi connectivity index (χ0n) is 12.4. The van der Waals surface area contributed by atoms with Crippen LogP contribution in [0.5, 0.6) is 5.75 Å². The van der Waals surface area contributed by atoms with Crippen molar-refractivity contribution in [3.8, 4) is 5.75 Å². The fourth-order valence-corrected chi connectivity index (χ4v) is 2.79. The first-order valence-corrected chi connectivity index (χ1v) is 7.59. The van der Waals surface area contributed by atoms with Gasteiger partial charge in [0.2, 0.25) is 0 Å². The molecule has 0 saturated heterocycles. The number of aliphatic imine (C=N–C) groups is 1. The normalized spacial score (nSPS) is 23.1. The van der Waals surface area contributed by atoms with Crippen molar-refractivity contribution < 1.29 is 9.47 Å². The van der Waals surface area contributed by atoms with Gasteiger partial charge < -0.3 is 20.5 Å². The molecule has 0 amide bonds. The van der Waals surface area contributed by atoms with Gasteiger partial charge in [-0.25, -0.2) is 0 Å². The summed E-state index contributed by atoms with van der Waals surface area (Å²) in [6, 6.07) is 8.23. The zero-order chi connectivity index (χ0) is 14.7. The molecule has 21 heavy (non-hydrogen) atoms. The van der Waals surface area contributed by atoms with E-state index in [-0.39, 0.29) is 12.1 Å². The number of nitrogens with zero attached hydrogens (tertiary/aromatic N) is 1. The van der Waals surface area contributed by atoms with Gasteiger partial charge in [-0.2, -0.15) is 0 Å². The number of fused-ring (bicyclic) bond motifs is 1. The predicted octanol–water partition coefficient (Wildman–Crippen LogP) is 1.84. The molecule has 0 spiro atoms. The van der Waals surface area contributed by atoms with Crippen molar-refractivity contribution in [1.29, 1.82) is 0 Å². The number of ether oxygens (including phenoxy) is 2. The predicted molar refractivity (Wildman–Crippen MR) is 82.4 cm³/mol. The van der Waals surface area contributed by atoms with Gasteiger partial charge >= 0.3 is 0 Å². The van der Waals surface area contributed by atoms with E-state index in [0.717, 1.165) is 17.7 Å². The van der Waals surface area contributed by atoms with Crippen molar-refractivity contribution in [3.63, 3.8) is 0 Å². The van der Waals surface area contributed by atoms with E-state index in [1.54, 1.807) is 7.11 Å². The van der Waals surface area contributed by atoms with E-state index in [1.165, 1.54) is 12.8 Å². The van der Waals surface area contributed by atoms with Gasteiger partial charge in [0.1, 0.15) is 5.75 Å². The number of hydrogen-bond acceptors (Lipinski definition) is 3. The summed E-state index contributed by atoms with van der Waals surface area (Å²) in [4.78, 5) is 4.44. The molecule has 2 aliphatic rings. The minimum atomic E-state index is 0.167. The maximum atomic E-state index is 6.03. The molecule has 1 fully saturated rings. The van der Waals surface area contributed by atoms with Crippen LogP contribution in [-0.4, -0.2) is 32.3 Å². The Labute approximate surface area is 125 Å². The molecule has 1 aromatic carbocycles. The van der Waals surface area contributed by atoms with Gasteiger partial charge in [0, 0.05) is 19.1 Å². The van der Waals surface area contributed by atoms with Crippen LogP contribution >= 0.6 is 0 Å². The lowest BCUT2D eigenvalue weighted by Crippen LogP contribution is -2.38. The highest BCUT2D eigenvalue weighted by molar-refractivity contribution is 5.78. The molecule has 1 aromatic rings. The summed E-state index contributed by atoms with van der Waals surface area (Å²) >= 11 is 0. The lowest BCUT2D eigenvalue weighted by Gasteiger charge is -2.27. The number of nitrogens with two attached hydrogens (primary N) is 1. The van der Waals surface area contributed by atoms with Crippen LogP contribution < -0.4 is 15.8 Å². The molecule has 1 aliphatic carbocycles. The summed E-state index contributed by atoms with van der Waals surface area (Å²) in [7, 11) is 1.75. The minimum absolute atomic E-state index is 0.167. The van der Waals surface area contributed by atoms with Gasteiger partial charge in [0.25, 0.3) is 0 Å². The molecule has 1 heterocycles. The Hall–Kier alpha value is -1.75. The summed E-state index contributed by atoms with van der Waals surface area (Å²) in [6.07, 6.45) is 3.58. The van der Waals surface area contributed by atoms with Gasteiger partial charge in [-0.3, -0.25) is 4.99 Å². The van der Waals surface area contributed by atoms with Crippen LogP contribution in [0.4, 0.5) is 0 Å². The van der Waals surface area contributed by atoms with Crippen molar-refractivity contribution in [2.24, 2.45) is 16.6 Å². The molecule has 2 atom stereocenters. The van der Waals surface area contributed by atoms with Gasteiger partial charge in [-0.1, -0.05) is 18.2 Å². The number of methoxy groups -OCH3 is 1. The second-order valence-corrected chi connectivity index (χ2v) is 5.71. The molecule has 114 valence electrons. The molecule has 1 saturated carbocycles. The molecule has 1 aliphatic heterocycles. The Bertz CT molecular complexity index is 514. The molecule has 0 aromatic heterocycles. The third kappa shape index (κ3) is 3.47. The minimum Gasteiger partial charge on any atom is -0.493 e. The average molecular weight is 289 g/mol. The first kappa shape index (κ1) is 14.2. The standard InChI is InChI=1S/C16H23N3O2/c1-20-15(11-6-7-11)10-18-16(17)19-13-8-9-21-14-5-3-2-4-12(13)14/h2-5,11,13,15H,6-10H2,1H3,(H3,17,18,19). The second kappa shape index (κ2) is 6.35. The van der Waals surface area contributed by atoms with E-state index in [2.05, 4.69) is 16.4 Å². The fourth-order valence-electron chi connectivity index (χ4n) is 2.79. The average Bonchev–Trinajstić information content (AvgIpc) is 3.33. The smallest absolute Gasteiger partial charge is 0.189 e. The maximum absolute atomic E-state index is 6.03. The molecule has 2 unspecified atom stereocenters. The number of nitrogens with one attached hydrogen (secondary N) is 1. The monoisotopic (exact) mass is 289 g/mol. The number of para-hydroxylation sites is 1. The highest BCUT2D eigenvalue weighted by atomic mass is 16.5. The van der Waals surface area contributed by atoms with Crippen LogP contribution in [0.25, 0.3) is 0 Å². The molecule has 3 rings (SSSR count). The Kier molecular flexibility index (Phi) is 4.29. The number of guanidine groups is 1. The molecule has 0 bridgehead atoms. The number of rotatable bonds is 5. The first-order chi connectivity index (χ1) is 10.3. The zero-order valence-corrected chi connectivity index (χ0v) is 12.4. The molecule has 3 N–H and O–H groups in total. The summed E-state index contributed by atoms with van der Waals surface area (Å²) in [5.74, 6) is 2.08. The lowest BCUT2D eigenvalue weighted by atomic mass is 10.0. The molecule has 0 radical (unpaired) electrons. The summed E-state index contributed by atoms with van der Waals surface area (Å²) in [5.41, 5.74) is 7.17. The Balaban J connectivity index is 1.61. The van der Waals surface area contributed by atoms with Crippen molar-refractivity contribution in [3.05, 3.63) is 29.8 Å². The lowest BCUT2D eigenvalue weighted by molar-refractivity contribution is 0.0918. The SMILES string of the molecule is COC(CN=C(N)NC1CCOc2ccccc21)C1CC1. The van der Waals surface area contributed by atoms with Crippen LogP contribution in [0.3, 0.4) is 0 Å². The highest BCUT2D eigenvalue weighted by Gasteiger charge is 2.31. The molecular formula is C16H23N3O2. The highest BCUT2D eigenvalue weighted by Crippen LogP contribution is 2.34. The fraction of sp³-hybridized carbons (Fsp3) is 0.562. The van der Waals surface area contributed by atoms with Crippen molar-refractivity contribution in [2.75, 3.05) is 20.3 Å². The van der Waals surface area contributed by atoms with Crippen LogP contribution in [0.2, 0.25) is 0 Å².